The van der Waals surface area contributed by atoms with Gasteiger partial charge in [0, 0.05) is 24.1 Å². The van der Waals surface area contributed by atoms with Crippen molar-refractivity contribution in [1.82, 2.24) is 10.6 Å². The molecule has 1 amide bonds. The summed E-state index contributed by atoms with van der Waals surface area (Å²) in [4.78, 5) is 11.9. The standard InChI is InChI=1S/C16H22N2O2/c19-16(18-14-5-6-14)13-3-7-15(8-4-13)20-11-12-2-1-9-17-10-12/h3-4,7-8,12,14,17H,1-2,5-6,9-11H2,(H,18,19)/t12-/m0/s1. The number of piperidine rings is 1. The Labute approximate surface area is 119 Å². The van der Waals surface area contributed by atoms with Crippen molar-refractivity contribution >= 4 is 5.91 Å². The van der Waals surface area contributed by atoms with Gasteiger partial charge in [0.1, 0.15) is 5.75 Å². The molecule has 108 valence electrons. The predicted octanol–water partition coefficient (Wildman–Crippen LogP) is 1.96. The Bertz CT molecular complexity index is 448. The van der Waals surface area contributed by atoms with Gasteiger partial charge in [0.05, 0.1) is 6.61 Å². The van der Waals surface area contributed by atoms with E-state index in [4.69, 9.17) is 4.74 Å². The fourth-order valence-corrected chi connectivity index (χ4v) is 2.48. The molecule has 20 heavy (non-hydrogen) atoms. The average Bonchev–Trinajstić information content (AvgIpc) is 3.31. The first-order valence-electron chi connectivity index (χ1n) is 7.56. The summed E-state index contributed by atoms with van der Waals surface area (Å²) in [6.45, 7) is 2.92. The number of hydrogen-bond acceptors (Lipinski definition) is 3. The van der Waals surface area contributed by atoms with Crippen molar-refractivity contribution in [3.05, 3.63) is 29.8 Å². The van der Waals surface area contributed by atoms with Gasteiger partial charge in [-0.1, -0.05) is 0 Å². The molecule has 3 rings (SSSR count). The van der Waals surface area contributed by atoms with Gasteiger partial charge in [-0.15, -0.1) is 0 Å². The summed E-state index contributed by atoms with van der Waals surface area (Å²) in [5.41, 5.74) is 0.712. The number of hydrogen-bond donors (Lipinski definition) is 2. The third-order valence-corrected chi connectivity index (χ3v) is 3.91. The molecule has 0 aromatic heterocycles. The maximum atomic E-state index is 11.9. The van der Waals surface area contributed by atoms with Gasteiger partial charge in [-0.05, 0) is 56.5 Å². The highest BCUT2D eigenvalue weighted by Gasteiger charge is 2.23. The van der Waals surface area contributed by atoms with Gasteiger partial charge < -0.3 is 15.4 Å². The normalized spacial score (nSPS) is 22.3. The number of nitrogens with one attached hydrogen (secondary N) is 2. The van der Waals surface area contributed by atoms with Crippen molar-refractivity contribution in [3.63, 3.8) is 0 Å². The number of carbonyl (C=O) groups is 1. The molecule has 1 aliphatic heterocycles. The van der Waals surface area contributed by atoms with Crippen LogP contribution >= 0.6 is 0 Å². The molecule has 1 aromatic carbocycles. The molecule has 2 fully saturated rings. The summed E-state index contributed by atoms with van der Waals surface area (Å²) in [5, 5.41) is 6.37. The van der Waals surface area contributed by atoms with E-state index in [1.54, 1.807) is 0 Å². The molecule has 2 N–H and O–H groups in total. The lowest BCUT2D eigenvalue weighted by Gasteiger charge is -2.22. The van der Waals surface area contributed by atoms with E-state index in [0.29, 0.717) is 17.5 Å². The van der Waals surface area contributed by atoms with Crippen molar-refractivity contribution in [1.29, 1.82) is 0 Å². The number of benzene rings is 1. The minimum atomic E-state index is 0.0236. The van der Waals surface area contributed by atoms with Crippen molar-refractivity contribution < 1.29 is 9.53 Å². The van der Waals surface area contributed by atoms with Crippen LogP contribution in [0, 0.1) is 5.92 Å². The third-order valence-electron chi connectivity index (χ3n) is 3.91. The van der Waals surface area contributed by atoms with E-state index in [1.165, 1.54) is 12.8 Å². The zero-order chi connectivity index (χ0) is 13.8. The van der Waals surface area contributed by atoms with E-state index in [0.717, 1.165) is 38.3 Å². The van der Waals surface area contributed by atoms with Crippen LogP contribution in [-0.2, 0) is 0 Å². The highest BCUT2D eigenvalue weighted by atomic mass is 16.5. The van der Waals surface area contributed by atoms with Gasteiger partial charge in [0.15, 0.2) is 0 Å². The summed E-state index contributed by atoms with van der Waals surface area (Å²) in [5.74, 6) is 1.47. The van der Waals surface area contributed by atoms with Crippen LogP contribution in [0.1, 0.15) is 36.0 Å². The van der Waals surface area contributed by atoms with E-state index in [1.807, 2.05) is 24.3 Å². The second kappa shape index (κ2) is 6.27. The molecule has 2 aliphatic rings. The van der Waals surface area contributed by atoms with Gasteiger partial charge in [-0.25, -0.2) is 0 Å². The lowest BCUT2D eigenvalue weighted by Crippen LogP contribution is -2.33. The lowest BCUT2D eigenvalue weighted by molar-refractivity contribution is 0.0951. The fraction of sp³-hybridized carbons (Fsp3) is 0.562. The van der Waals surface area contributed by atoms with E-state index in [2.05, 4.69) is 10.6 Å². The van der Waals surface area contributed by atoms with Gasteiger partial charge in [-0.3, -0.25) is 4.79 Å². The molecular weight excluding hydrogens is 252 g/mol. The van der Waals surface area contributed by atoms with Gasteiger partial charge >= 0.3 is 0 Å². The molecule has 0 bridgehead atoms. The molecule has 4 heteroatoms. The Morgan fingerprint density at radius 2 is 2.05 bits per heavy atom. The van der Waals surface area contributed by atoms with E-state index in [-0.39, 0.29) is 5.91 Å². The molecule has 1 atom stereocenters. The summed E-state index contributed by atoms with van der Waals surface area (Å²) < 4.78 is 5.80. The van der Waals surface area contributed by atoms with E-state index in [9.17, 15) is 4.79 Å². The largest absolute Gasteiger partial charge is 0.493 e. The molecule has 1 saturated carbocycles. The summed E-state index contributed by atoms with van der Waals surface area (Å²) >= 11 is 0. The third kappa shape index (κ3) is 3.73. The van der Waals surface area contributed by atoms with Crippen molar-refractivity contribution in [2.75, 3.05) is 19.7 Å². The van der Waals surface area contributed by atoms with E-state index < -0.39 is 0 Å². The zero-order valence-electron chi connectivity index (χ0n) is 11.7. The van der Waals surface area contributed by atoms with Crippen molar-refractivity contribution in [3.8, 4) is 5.75 Å². The SMILES string of the molecule is O=C(NC1CC1)c1ccc(OC[C@H]2CCCNC2)cc1. The Kier molecular flexibility index (Phi) is 4.21. The van der Waals surface area contributed by atoms with Crippen LogP contribution in [0.4, 0.5) is 0 Å². The Morgan fingerprint density at radius 1 is 1.25 bits per heavy atom. The summed E-state index contributed by atoms with van der Waals surface area (Å²) in [6.07, 6.45) is 4.69. The van der Waals surface area contributed by atoms with Crippen LogP contribution in [0.2, 0.25) is 0 Å². The Hall–Kier alpha value is -1.55. The lowest BCUT2D eigenvalue weighted by atomic mass is 10.0. The van der Waals surface area contributed by atoms with Gasteiger partial charge in [0.2, 0.25) is 0 Å². The molecule has 1 heterocycles. The zero-order valence-corrected chi connectivity index (χ0v) is 11.7. The first-order chi connectivity index (χ1) is 9.81. The number of amides is 1. The van der Waals surface area contributed by atoms with Gasteiger partial charge in [0.25, 0.3) is 5.91 Å². The molecule has 0 unspecified atom stereocenters. The highest BCUT2D eigenvalue weighted by Crippen LogP contribution is 2.20. The van der Waals surface area contributed by atoms with Crippen LogP contribution < -0.4 is 15.4 Å². The minimum absolute atomic E-state index is 0.0236. The predicted molar refractivity (Wildman–Crippen MR) is 78.0 cm³/mol. The van der Waals surface area contributed by atoms with Crippen LogP contribution in [0.5, 0.6) is 5.75 Å². The molecule has 1 aromatic rings. The van der Waals surface area contributed by atoms with Crippen LogP contribution in [0.3, 0.4) is 0 Å². The quantitative estimate of drug-likeness (QED) is 0.863. The minimum Gasteiger partial charge on any atom is -0.493 e. The first-order valence-corrected chi connectivity index (χ1v) is 7.56. The molecular formula is C16H22N2O2. The fourth-order valence-electron chi connectivity index (χ4n) is 2.48. The van der Waals surface area contributed by atoms with Gasteiger partial charge in [-0.2, -0.15) is 0 Å². The molecule has 0 spiro atoms. The maximum Gasteiger partial charge on any atom is 0.251 e. The summed E-state index contributed by atoms with van der Waals surface area (Å²) in [7, 11) is 0. The Morgan fingerprint density at radius 3 is 2.70 bits per heavy atom. The van der Waals surface area contributed by atoms with Crippen molar-refractivity contribution in [2.45, 2.75) is 31.7 Å². The molecule has 1 saturated heterocycles. The molecule has 4 nitrogen and oxygen atoms in total. The first kappa shape index (κ1) is 13.4. The van der Waals surface area contributed by atoms with Crippen LogP contribution in [0.25, 0.3) is 0 Å². The van der Waals surface area contributed by atoms with Crippen molar-refractivity contribution in [2.24, 2.45) is 5.92 Å². The number of ether oxygens (including phenoxy) is 1. The Balaban J connectivity index is 1.48. The monoisotopic (exact) mass is 274 g/mol. The average molecular weight is 274 g/mol. The number of rotatable bonds is 5. The smallest absolute Gasteiger partial charge is 0.251 e. The second-order valence-corrected chi connectivity index (χ2v) is 5.80. The number of carbonyl (C=O) groups excluding carboxylic acids is 1. The molecule has 0 radical (unpaired) electrons. The topological polar surface area (TPSA) is 50.4 Å². The maximum absolute atomic E-state index is 11.9. The van der Waals surface area contributed by atoms with Crippen LogP contribution in [0.15, 0.2) is 24.3 Å². The highest BCUT2D eigenvalue weighted by molar-refractivity contribution is 5.94. The van der Waals surface area contributed by atoms with Crippen LogP contribution in [-0.4, -0.2) is 31.6 Å². The molecule has 1 aliphatic carbocycles. The second-order valence-electron chi connectivity index (χ2n) is 5.80. The summed E-state index contributed by atoms with van der Waals surface area (Å²) in [6, 6.07) is 7.85. The van der Waals surface area contributed by atoms with E-state index >= 15 is 0 Å².